The van der Waals surface area contributed by atoms with Gasteiger partial charge in [0.2, 0.25) is 12.3 Å². The molecule has 0 unspecified atom stereocenters. The number of anilines is 1. The molecule has 0 bridgehead atoms. The lowest BCUT2D eigenvalue weighted by atomic mass is 10.2. The molecule has 1 aromatic heterocycles. The summed E-state index contributed by atoms with van der Waals surface area (Å²) in [4.78, 5) is 8.01. The molecule has 1 fully saturated rings. The van der Waals surface area contributed by atoms with Gasteiger partial charge in [-0.3, -0.25) is 0 Å². The van der Waals surface area contributed by atoms with Crippen LogP contribution >= 0.6 is 17.8 Å². The van der Waals surface area contributed by atoms with Crippen molar-refractivity contribution in [2.45, 2.75) is 25.7 Å². The molecule has 1 saturated heterocycles. The quantitative estimate of drug-likeness (QED) is 0.690. The van der Waals surface area contributed by atoms with E-state index in [1.165, 1.54) is 25.7 Å². The van der Waals surface area contributed by atoms with Crippen LogP contribution in [-0.2, 0) is 16.3 Å². The van der Waals surface area contributed by atoms with Gasteiger partial charge in [-0.1, -0.05) is 18.9 Å². The second-order valence-corrected chi connectivity index (χ2v) is 11.6. The number of benzene rings is 1. The highest BCUT2D eigenvalue weighted by Crippen LogP contribution is 2.56. The van der Waals surface area contributed by atoms with Gasteiger partial charge in [0.1, 0.15) is 0 Å². The van der Waals surface area contributed by atoms with Gasteiger partial charge in [-0.25, -0.2) is 9.66 Å². The van der Waals surface area contributed by atoms with Crippen LogP contribution in [-0.4, -0.2) is 37.8 Å². The summed E-state index contributed by atoms with van der Waals surface area (Å²) in [7, 11) is 4.10. The van der Waals surface area contributed by atoms with Gasteiger partial charge >= 0.3 is 0 Å². The number of nitrogens with zero attached hydrogens (tertiary/aromatic N) is 3. The monoisotopic (exact) mass is 405 g/mol. The Morgan fingerprint density at radius 3 is 2.58 bits per heavy atom. The lowest BCUT2D eigenvalue weighted by molar-refractivity contribution is 0.425. The maximum Gasteiger partial charge on any atom is 0.236 e. The molecule has 2 aromatic rings. The van der Waals surface area contributed by atoms with Gasteiger partial charge in [-0.05, 0) is 54.3 Å². The molecule has 0 radical (unpaired) electrons. The van der Waals surface area contributed by atoms with E-state index in [0.717, 1.165) is 34.6 Å². The van der Waals surface area contributed by atoms with Crippen molar-refractivity contribution >= 4 is 52.1 Å². The van der Waals surface area contributed by atoms with E-state index in [1.54, 1.807) is 11.3 Å². The van der Waals surface area contributed by atoms with Crippen LogP contribution in [0.4, 0.5) is 11.4 Å². The summed E-state index contributed by atoms with van der Waals surface area (Å²) >= 11 is 7.93. The first-order valence-electron chi connectivity index (χ1n) is 9.07. The second kappa shape index (κ2) is 7.43. The number of thiophene rings is 1. The van der Waals surface area contributed by atoms with Gasteiger partial charge in [-0.2, -0.15) is 0 Å². The average molecular weight is 406 g/mol. The molecule has 1 atom stereocenters. The second-order valence-electron chi connectivity index (χ2n) is 6.94. The molecule has 0 amide bonds. The van der Waals surface area contributed by atoms with E-state index in [1.807, 2.05) is 6.07 Å². The highest BCUT2D eigenvalue weighted by Gasteiger charge is 2.37. The molecule has 0 aliphatic carbocycles. The largest absolute Gasteiger partial charge is 0.430 e. The maximum absolute atomic E-state index is 6.54. The Morgan fingerprint density at radius 1 is 1.15 bits per heavy atom. The molecule has 4 rings (SSSR count). The first-order chi connectivity index (χ1) is 12.6. The van der Waals surface area contributed by atoms with Gasteiger partial charge in [0.05, 0.1) is 15.9 Å². The van der Waals surface area contributed by atoms with Crippen LogP contribution in [0.3, 0.4) is 0 Å². The van der Waals surface area contributed by atoms with Crippen molar-refractivity contribution in [3.8, 4) is 0 Å². The van der Waals surface area contributed by atoms with E-state index >= 15 is 0 Å². The molecule has 26 heavy (non-hydrogen) atoms. The normalized spacial score (nSPS) is 23.5. The minimum absolute atomic E-state index is 0.691. The average Bonchev–Trinajstić information content (AvgIpc) is 3.03. The van der Waals surface area contributed by atoms with Crippen molar-refractivity contribution in [2.24, 2.45) is 4.99 Å². The van der Waals surface area contributed by atoms with Crippen molar-refractivity contribution in [2.75, 3.05) is 32.1 Å². The van der Waals surface area contributed by atoms with Crippen LogP contribution in [0.5, 0.6) is 0 Å². The van der Waals surface area contributed by atoms with Crippen LogP contribution in [0.1, 0.15) is 30.6 Å². The van der Waals surface area contributed by atoms with Crippen molar-refractivity contribution in [1.82, 2.24) is 4.67 Å². The molecule has 0 N–H and O–H groups in total. The van der Waals surface area contributed by atoms with E-state index in [2.05, 4.69) is 53.3 Å². The summed E-state index contributed by atoms with van der Waals surface area (Å²) in [6.45, 7) is 2.04. The van der Waals surface area contributed by atoms with Crippen molar-refractivity contribution in [1.29, 1.82) is 0 Å². The smallest absolute Gasteiger partial charge is 0.236 e. The van der Waals surface area contributed by atoms with Gasteiger partial charge < -0.3 is 9.42 Å². The van der Waals surface area contributed by atoms with Crippen LogP contribution < -0.4 is 10.2 Å². The highest BCUT2D eigenvalue weighted by atomic mass is 32.4. The maximum atomic E-state index is 6.54. The summed E-state index contributed by atoms with van der Waals surface area (Å²) in [5, 5.41) is 3.16. The fourth-order valence-corrected chi connectivity index (χ4v) is 7.69. The summed E-state index contributed by atoms with van der Waals surface area (Å²) in [6, 6.07) is 10.5. The minimum Gasteiger partial charge on any atom is -0.430 e. The predicted molar refractivity (Wildman–Crippen MR) is 116 cm³/mol. The summed E-state index contributed by atoms with van der Waals surface area (Å²) < 4.78 is 8.98. The first-order valence-corrected chi connectivity index (χ1v) is 12.6. The minimum atomic E-state index is -2.33. The SMILES string of the molecule is CN(C)c1ccc2c(c1)N=C(c1cccs1)O[P@@]2(=S)N1CCCCCC1. The molecular weight excluding hydrogens is 381 g/mol. The Bertz CT molecular complexity index is 856. The zero-order chi connectivity index (χ0) is 18.1. The predicted octanol–water partition coefficient (Wildman–Crippen LogP) is 4.73. The van der Waals surface area contributed by atoms with Crippen LogP contribution in [0.25, 0.3) is 0 Å². The molecule has 138 valence electrons. The van der Waals surface area contributed by atoms with Crippen molar-refractivity contribution in [3.63, 3.8) is 0 Å². The van der Waals surface area contributed by atoms with Crippen LogP contribution in [0.2, 0.25) is 0 Å². The fourth-order valence-electron chi connectivity index (χ4n) is 3.44. The van der Waals surface area contributed by atoms with E-state index in [0.29, 0.717) is 5.90 Å². The third-order valence-electron chi connectivity index (χ3n) is 4.90. The molecule has 1 aromatic carbocycles. The highest BCUT2D eigenvalue weighted by molar-refractivity contribution is 8.15. The summed E-state index contributed by atoms with van der Waals surface area (Å²) in [5.41, 5.74) is 2.11. The van der Waals surface area contributed by atoms with Crippen molar-refractivity contribution < 1.29 is 4.52 Å². The summed E-state index contributed by atoms with van der Waals surface area (Å²) in [5.74, 6) is 0.691. The van der Waals surface area contributed by atoms with E-state index < -0.39 is 6.42 Å². The third-order valence-corrected chi connectivity index (χ3v) is 9.82. The zero-order valence-corrected chi connectivity index (χ0v) is 17.7. The topological polar surface area (TPSA) is 28.1 Å². The molecule has 2 aliphatic rings. The first kappa shape index (κ1) is 18.2. The third kappa shape index (κ3) is 3.36. The molecule has 7 heteroatoms. The number of hydrogen-bond acceptors (Lipinski definition) is 5. The fraction of sp³-hybridized carbons (Fsp3) is 0.421. The molecule has 0 saturated carbocycles. The Hall–Kier alpha value is -1.20. The number of fused-ring (bicyclic) bond motifs is 1. The van der Waals surface area contributed by atoms with Crippen LogP contribution in [0, 0.1) is 0 Å². The van der Waals surface area contributed by atoms with Gasteiger partial charge in [0, 0.05) is 32.9 Å². The van der Waals surface area contributed by atoms with E-state index in [-0.39, 0.29) is 0 Å². The van der Waals surface area contributed by atoms with E-state index in [9.17, 15) is 0 Å². The molecule has 0 spiro atoms. The zero-order valence-electron chi connectivity index (χ0n) is 15.2. The van der Waals surface area contributed by atoms with Crippen LogP contribution in [0.15, 0.2) is 40.7 Å². The standard InChI is InChI=1S/C19H24N3OPS2/c1-21(2)15-9-10-17-16(14-15)20-19(18-8-7-13-26-18)23-24(17,25)22-11-5-3-4-6-12-22/h7-10,13-14H,3-6,11-12H2,1-2H3/t24-/m0/s1. The Labute approximate surface area is 164 Å². The van der Waals surface area contributed by atoms with Gasteiger partial charge in [-0.15, -0.1) is 11.3 Å². The van der Waals surface area contributed by atoms with Gasteiger partial charge in [0.25, 0.3) is 0 Å². The Kier molecular flexibility index (Phi) is 5.20. The lowest BCUT2D eigenvalue weighted by Gasteiger charge is -2.37. The number of rotatable bonds is 3. The summed E-state index contributed by atoms with van der Waals surface area (Å²) in [6.07, 6.45) is 2.62. The number of hydrogen-bond donors (Lipinski definition) is 0. The molecule has 4 nitrogen and oxygen atoms in total. The molecule has 2 aliphatic heterocycles. The Balaban J connectivity index is 1.83. The van der Waals surface area contributed by atoms with Gasteiger partial charge in [0.15, 0.2) is 0 Å². The molecular formula is C19H24N3OPS2. The lowest BCUT2D eigenvalue weighted by Crippen LogP contribution is -2.32. The number of aliphatic imine (C=N–C) groups is 1. The Morgan fingerprint density at radius 2 is 1.92 bits per heavy atom. The molecule has 3 heterocycles. The van der Waals surface area contributed by atoms with Crippen molar-refractivity contribution in [3.05, 3.63) is 40.6 Å². The van der Waals surface area contributed by atoms with E-state index in [4.69, 9.17) is 21.3 Å².